The van der Waals surface area contributed by atoms with Gasteiger partial charge in [-0.3, -0.25) is 4.79 Å². The molecule has 0 atom stereocenters. The van der Waals surface area contributed by atoms with E-state index in [1.165, 1.54) is 10.7 Å². The van der Waals surface area contributed by atoms with Crippen LogP contribution in [0.3, 0.4) is 0 Å². The van der Waals surface area contributed by atoms with Crippen molar-refractivity contribution in [3.05, 3.63) is 57.5 Å². The maximum atomic E-state index is 11.9. The van der Waals surface area contributed by atoms with Crippen molar-refractivity contribution in [2.45, 2.75) is 13.5 Å². The summed E-state index contributed by atoms with van der Waals surface area (Å²) in [5, 5.41) is 12.9. The lowest BCUT2D eigenvalue weighted by Crippen LogP contribution is -2.23. The van der Waals surface area contributed by atoms with Crippen LogP contribution in [0, 0.1) is 18.8 Å². The molecule has 5 heteroatoms. The van der Waals surface area contributed by atoms with E-state index in [-0.39, 0.29) is 12.2 Å². The Morgan fingerprint density at radius 3 is 2.86 bits per heavy atom. The number of methoxy groups -OCH3 is 1. The SMILES string of the molecule is COc1ccc(C#CCO)c(Cn2ncc(C)cc2=O)c1. The van der Waals surface area contributed by atoms with Crippen molar-refractivity contribution in [3.63, 3.8) is 0 Å². The Balaban J connectivity index is 2.43. The van der Waals surface area contributed by atoms with Gasteiger partial charge in [-0.2, -0.15) is 5.10 Å². The van der Waals surface area contributed by atoms with Gasteiger partial charge in [0.25, 0.3) is 5.56 Å². The number of aromatic nitrogens is 2. The number of nitrogens with zero attached hydrogens (tertiary/aromatic N) is 2. The van der Waals surface area contributed by atoms with Crippen LogP contribution in [-0.2, 0) is 6.54 Å². The molecule has 2 rings (SSSR count). The van der Waals surface area contributed by atoms with Gasteiger partial charge in [0.05, 0.1) is 19.9 Å². The second-order valence-corrected chi connectivity index (χ2v) is 4.51. The second-order valence-electron chi connectivity index (χ2n) is 4.51. The zero-order valence-electron chi connectivity index (χ0n) is 12.0. The number of aryl methyl sites for hydroxylation is 1. The third kappa shape index (κ3) is 3.71. The molecule has 2 aromatic rings. The van der Waals surface area contributed by atoms with Gasteiger partial charge in [-0.1, -0.05) is 11.8 Å². The smallest absolute Gasteiger partial charge is 0.267 e. The lowest BCUT2D eigenvalue weighted by atomic mass is 10.1. The standard InChI is InChI=1S/C16H16N2O3/c1-12-8-16(20)18(17-10-12)11-14-9-15(21-2)6-5-13(14)4-3-7-19/h5-6,8-10,19H,7,11H2,1-2H3. The van der Waals surface area contributed by atoms with Crippen molar-refractivity contribution in [2.75, 3.05) is 13.7 Å². The first-order chi connectivity index (χ1) is 10.1. The average Bonchev–Trinajstić information content (AvgIpc) is 2.48. The van der Waals surface area contributed by atoms with E-state index < -0.39 is 0 Å². The highest BCUT2D eigenvalue weighted by atomic mass is 16.5. The predicted octanol–water partition coefficient (Wildman–Crippen LogP) is 0.952. The Bertz CT molecular complexity index is 754. The molecule has 0 spiro atoms. The van der Waals surface area contributed by atoms with Gasteiger partial charge in [0.2, 0.25) is 0 Å². The van der Waals surface area contributed by atoms with Gasteiger partial charge in [-0.15, -0.1) is 0 Å². The fourth-order valence-electron chi connectivity index (χ4n) is 1.89. The average molecular weight is 284 g/mol. The molecule has 5 nitrogen and oxygen atoms in total. The maximum Gasteiger partial charge on any atom is 0.267 e. The third-order valence-electron chi connectivity index (χ3n) is 2.94. The van der Waals surface area contributed by atoms with E-state index in [4.69, 9.17) is 9.84 Å². The van der Waals surface area contributed by atoms with Crippen LogP contribution >= 0.6 is 0 Å². The maximum absolute atomic E-state index is 11.9. The van der Waals surface area contributed by atoms with Crippen molar-refractivity contribution >= 4 is 0 Å². The molecule has 1 heterocycles. The summed E-state index contributed by atoms with van der Waals surface area (Å²) in [5.41, 5.74) is 2.20. The summed E-state index contributed by atoms with van der Waals surface area (Å²) in [4.78, 5) is 11.9. The highest BCUT2D eigenvalue weighted by Crippen LogP contribution is 2.17. The van der Waals surface area contributed by atoms with E-state index >= 15 is 0 Å². The fraction of sp³-hybridized carbons (Fsp3) is 0.250. The van der Waals surface area contributed by atoms with E-state index in [2.05, 4.69) is 16.9 Å². The van der Waals surface area contributed by atoms with E-state index in [9.17, 15) is 4.79 Å². The van der Waals surface area contributed by atoms with E-state index in [1.807, 2.05) is 13.0 Å². The Morgan fingerprint density at radius 1 is 1.38 bits per heavy atom. The van der Waals surface area contributed by atoms with Crippen molar-refractivity contribution in [2.24, 2.45) is 0 Å². The molecule has 1 N–H and O–H groups in total. The van der Waals surface area contributed by atoms with Gasteiger partial charge < -0.3 is 9.84 Å². The Morgan fingerprint density at radius 2 is 2.19 bits per heavy atom. The van der Waals surface area contributed by atoms with Crippen molar-refractivity contribution in [3.8, 4) is 17.6 Å². The number of aliphatic hydroxyl groups excluding tert-OH is 1. The highest BCUT2D eigenvalue weighted by molar-refractivity contribution is 5.45. The number of hydrogen-bond acceptors (Lipinski definition) is 4. The van der Waals surface area contributed by atoms with Crippen molar-refractivity contribution < 1.29 is 9.84 Å². The Hall–Kier alpha value is -2.58. The highest BCUT2D eigenvalue weighted by Gasteiger charge is 2.06. The molecular formula is C16H16N2O3. The summed E-state index contributed by atoms with van der Waals surface area (Å²) in [7, 11) is 1.58. The van der Waals surface area contributed by atoms with Gasteiger partial charge in [-0.25, -0.2) is 4.68 Å². The van der Waals surface area contributed by atoms with Gasteiger partial charge in [0.1, 0.15) is 12.4 Å². The monoisotopic (exact) mass is 284 g/mol. The molecule has 0 radical (unpaired) electrons. The zero-order valence-corrected chi connectivity index (χ0v) is 12.0. The van der Waals surface area contributed by atoms with Crippen LogP contribution in [0.4, 0.5) is 0 Å². The molecule has 21 heavy (non-hydrogen) atoms. The number of ether oxygens (including phenoxy) is 1. The molecule has 0 aliphatic rings. The van der Waals surface area contributed by atoms with Gasteiger partial charge in [0.15, 0.2) is 0 Å². The normalized spacial score (nSPS) is 9.86. The van der Waals surface area contributed by atoms with Crippen LogP contribution in [0.5, 0.6) is 5.75 Å². The lowest BCUT2D eigenvalue weighted by molar-refractivity contribution is 0.350. The van der Waals surface area contributed by atoms with Gasteiger partial charge >= 0.3 is 0 Å². The first-order valence-electron chi connectivity index (χ1n) is 6.44. The molecule has 0 amide bonds. The van der Waals surface area contributed by atoms with Crippen molar-refractivity contribution in [1.29, 1.82) is 0 Å². The van der Waals surface area contributed by atoms with Crippen LogP contribution in [0.1, 0.15) is 16.7 Å². The van der Waals surface area contributed by atoms with Gasteiger partial charge in [-0.05, 0) is 36.2 Å². The molecule has 0 unspecified atom stereocenters. The zero-order chi connectivity index (χ0) is 15.2. The minimum atomic E-state index is -0.214. The number of hydrogen-bond donors (Lipinski definition) is 1. The largest absolute Gasteiger partial charge is 0.497 e. The lowest BCUT2D eigenvalue weighted by Gasteiger charge is -2.09. The summed E-state index contributed by atoms with van der Waals surface area (Å²) in [6, 6.07) is 6.94. The molecule has 0 aliphatic carbocycles. The van der Waals surface area contributed by atoms with Crippen LogP contribution in [0.15, 0.2) is 35.3 Å². The summed E-state index contributed by atoms with van der Waals surface area (Å²) in [6.45, 7) is 1.91. The first kappa shape index (κ1) is 14.8. The first-order valence-corrected chi connectivity index (χ1v) is 6.44. The summed E-state index contributed by atoms with van der Waals surface area (Å²) >= 11 is 0. The molecule has 0 saturated heterocycles. The molecule has 0 saturated carbocycles. The minimum absolute atomic E-state index is 0.168. The number of rotatable bonds is 3. The molecular weight excluding hydrogens is 268 g/mol. The summed E-state index contributed by atoms with van der Waals surface area (Å²) < 4.78 is 6.56. The summed E-state index contributed by atoms with van der Waals surface area (Å²) in [5.74, 6) is 6.16. The fourth-order valence-corrected chi connectivity index (χ4v) is 1.89. The van der Waals surface area contributed by atoms with Crippen molar-refractivity contribution in [1.82, 2.24) is 9.78 Å². The second kappa shape index (κ2) is 6.73. The summed E-state index contributed by atoms with van der Waals surface area (Å²) in [6.07, 6.45) is 1.64. The molecule has 0 aliphatic heterocycles. The predicted molar refractivity (Wildman–Crippen MR) is 79.3 cm³/mol. The van der Waals surface area contributed by atoms with Crippen LogP contribution < -0.4 is 10.3 Å². The topological polar surface area (TPSA) is 64.3 Å². The van der Waals surface area contributed by atoms with E-state index in [0.29, 0.717) is 12.3 Å². The molecule has 0 bridgehead atoms. The van der Waals surface area contributed by atoms with Gasteiger partial charge in [0, 0.05) is 11.6 Å². The number of aliphatic hydroxyl groups is 1. The minimum Gasteiger partial charge on any atom is -0.497 e. The van der Waals surface area contributed by atoms with E-state index in [0.717, 1.165) is 16.7 Å². The molecule has 0 fully saturated rings. The van der Waals surface area contributed by atoms with Crippen LogP contribution in [0.2, 0.25) is 0 Å². The number of benzene rings is 1. The molecule has 1 aromatic heterocycles. The molecule has 1 aromatic carbocycles. The quantitative estimate of drug-likeness (QED) is 0.852. The Labute approximate surface area is 122 Å². The Kier molecular flexibility index (Phi) is 4.75. The third-order valence-corrected chi connectivity index (χ3v) is 2.94. The van der Waals surface area contributed by atoms with E-state index in [1.54, 1.807) is 25.4 Å². The van der Waals surface area contributed by atoms with Crippen LogP contribution in [-0.4, -0.2) is 28.6 Å². The van der Waals surface area contributed by atoms with Crippen LogP contribution in [0.25, 0.3) is 0 Å². The molecule has 108 valence electrons.